The summed E-state index contributed by atoms with van der Waals surface area (Å²) in [5.41, 5.74) is 1.67. The second kappa shape index (κ2) is 8.11. The second-order valence-corrected chi connectivity index (χ2v) is 7.18. The fourth-order valence-corrected chi connectivity index (χ4v) is 3.72. The highest BCUT2D eigenvalue weighted by molar-refractivity contribution is 6.36. The molecule has 2 aromatic carbocycles. The molecule has 0 aromatic heterocycles. The Hall–Kier alpha value is -2.04. The van der Waals surface area contributed by atoms with E-state index in [2.05, 4.69) is 0 Å². The molecular formula is C20H20Cl2N2O2. The molecule has 0 radical (unpaired) electrons. The highest BCUT2D eigenvalue weighted by Gasteiger charge is 2.37. The van der Waals surface area contributed by atoms with Gasteiger partial charge in [0.1, 0.15) is 0 Å². The summed E-state index contributed by atoms with van der Waals surface area (Å²) in [6.07, 6.45) is 0.197. The highest BCUT2D eigenvalue weighted by atomic mass is 35.5. The summed E-state index contributed by atoms with van der Waals surface area (Å²) < 4.78 is 0. The Morgan fingerprint density at radius 1 is 1.19 bits per heavy atom. The summed E-state index contributed by atoms with van der Waals surface area (Å²) in [5, 5.41) is 0.925. The quantitative estimate of drug-likeness (QED) is 0.758. The van der Waals surface area contributed by atoms with Gasteiger partial charge in [-0.05, 0) is 30.7 Å². The van der Waals surface area contributed by atoms with Crippen molar-refractivity contribution >= 4 is 40.7 Å². The van der Waals surface area contributed by atoms with Crippen LogP contribution in [0.15, 0.2) is 48.5 Å². The van der Waals surface area contributed by atoms with E-state index in [0.29, 0.717) is 35.4 Å². The monoisotopic (exact) mass is 390 g/mol. The summed E-state index contributed by atoms with van der Waals surface area (Å²) >= 11 is 12.2. The zero-order chi connectivity index (χ0) is 18.7. The van der Waals surface area contributed by atoms with Crippen LogP contribution in [-0.4, -0.2) is 29.8 Å². The van der Waals surface area contributed by atoms with Crippen molar-refractivity contribution in [3.8, 4) is 0 Å². The van der Waals surface area contributed by atoms with Crippen molar-refractivity contribution in [3.05, 3.63) is 64.1 Å². The molecule has 0 bridgehead atoms. The average Bonchev–Trinajstić information content (AvgIpc) is 3.01. The van der Waals surface area contributed by atoms with Crippen LogP contribution in [0, 0.1) is 5.92 Å². The van der Waals surface area contributed by atoms with Crippen molar-refractivity contribution in [2.75, 3.05) is 18.0 Å². The molecule has 136 valence electrons. The van der Waals surface area contributed by atoms with Gasteiger partial charge in [-0.1, -0.05) is 53.5 Å². The Balaban J connectivity index is 1.73. The van der Waals surface area contributed by atoms with Gasteiger partial charge in [-0.15, -0.1) is 0 Å². The van der Waals surface area contributed by atoms with Crippen molar-refractivity contribution in [1.29, 1.82) is 0 Å². The standard InChI is InChI=1S/C20H20Cl2N2O2/c1-2-23(12-14-6-4-3-5-7-14)20(26)15-10-19(25)24(13-15)18-9-8-16(21)11-17(18)22/h3-9,11,15H,2,10,12-13H2,1H3. The van der Waals surface area contributed by atoms with Crippen molar-refractivity contribution in [1.82, 2.24) is 4.90 Å². The molecule has 1 unspecified atom stereocenters. The molecule has 1 aliphatic heterocycles. The molecule has 2 aromatic rings. The number of amides is 2. The molecule has 0 saturated carbocycles. The number of anilines is 1. The lowest BCUT2D eigenvalue weighted by Gasteiger charge is -2.24. The summed E-state index contributed by atoms with van der Waals surface area (Å²) in [6.45, 7) is 3.43. The number of benzene rings is 2. The largest absolute Gasteiger partial charge is 0.338 e. The number of nitrogens with zero attached hydrogens (tertiary/aromatic N) is 2. The van der Waals surface area contributed by atoms with E-state index in [1.165, 1.54) is 0 Å². The third-order valence-corrected chi connectivity index (χ3v) is 5.12. The first-order chi connectivity index (χ1) is 12.5. The summed E-state index contributed by atoms with van der Waals surface area (Å²) in [6, 6.07) is 14.9. The van der Waals surface area contributed by atoms with Gasteiger partial charge in [0, 0.05) is 31.1 Å². The van der Waals surface area contributed by atoms with Crippen LogP contribution in [0.1, 0.15) is 18.9 Å². The molecule has 6 heteroatoms. The van der Waals surface area contributed by atoms with E-state index >= 15 is 0 Å². The van der Waals surface area contributed by atoms with E-state index in [0.717, 1.165) is 5.56 Å². The topological polar surface area (TPSA) is 40.6 Å². The number of hydrogen-bond donors (Lipinski definition) is 0. The van der Waals surface area contributed by atoms with Gasteiger partial charge >= 0.3 is 0 Å². The molecule has 1 atom stereocenters. The van der Waals surface area contributed by atoms with E-state index in [-0.39, 0.29) is 24.2 Å². The maximum atomic E-state index is 12.9. The van der Waals surface area contributed by atoms with E-state index in [9.17, 15) is 9.59 Å². The Kier molecular flexibility index (Phi) is 5.84. The van der Waals surface area contributed by atoms with Crippen LogP contribution in [0.5, 0.6) is 0 Å². The predicted octanol–water partition coefficient (Wildman–Crippen LogP) is 4.40. The molecular weight excluding hydrogens is 371 g/mol. The van der Waals surface area contributed by atoms with E-state index in [1.807, 2.05) is 37.3 Å². The minimum absolute atomic E-state index is 0.00251. The summed E-state index contributed by atoms with van der Waals surface area (Å²) in [4.78, 5) is 28.8. The Morgan fingerprint density at radius 3 is 2.58 bits per heavy atom. The van der Waals surface area contributed by atoms with Gasteiger partial charge in [0.25, 0.3) is 0 Å². The molecule has 0 aliphatic carbocycles. The maximum absolute atomic E-state index is 12.9. The summed E-state index contributed by atoms with van der Waals surface area (Å²) in [7, 11) is 0. The zero-order valence-electron chi connectivity index (χ0n) is 14.5. The Bertz CT molecular complexity index is 811. The Labute approximate surface area is 163 Å². The molecule has 1 fully saturated rings. The van der Waals surface area contributed by atoms with Gasteiger partial charge in [-0.25, -0.2) is 0 Å². The molecule has 26 heavy (non-hydrogen) atoms. The minimum Gasteiger partial charge on any atom is -0.338 e. The molecule has 1 saturated heterocycles. The van der Waals surface area contributed by atoms with Crippen molar-refractivity contribution in [2.45, 2.75) is 19.9 Å². The Morgan fingerprint density at radius 2 is 1.92 bits per heavy atom. The van der Waals surface area contributed by atoms with Crippen LogP contribution in [-0.2, 0) is 16.1 Å². The van der Waals surface area contributed by atoms with Crippen molar-refractivity contribution < 1.29 is 9.59 Å². The molecule has 1 aliphatic rings. The fourth-order valence-electron chi connectivity index (χ4n) is 3.21. The first kappa shape index (κ1) is 18.7. The molecule has 2 amide bonds. The van der Waals surface area contributed by atoms with Crippen LogP contribution >= 0.6 is 23.2 Å². The van der Waals surface area contributed by atoms with Crippen LogP contribution in [0.4, 0.5) is 5.69 Å². The second-order valence-electron chi connectivity index (χ2n) is 6.34. The smallest absolute Gasteiger partial charge is 0.228 e. The normalized spacial score (nSPS) is 16.8. The lowest BCUT2D eigenvalue weighted by Crippen LogP contribution is -2.37. The van der Waals surface area contributed by atoms with Crippen LogP contribution < -0.4 is 4.90 Å². The third kappa shape index (κ3) is 4.02. The van der Waals surface area contributed by atoms with Gasteiger partial charge < -0.3 is 9.80 Å². The first-order valence-electron chi connectivity index (χ1n) is 8.57. The fraction of sp³-hybridized carbons (Fsp3) is 0.300. The van der Waals surface area contributed by atoms with Gasteiger partial charge in [-0.3, -0.25) is 9.59 Å². The average molecular weight is 391 g/mol. The summed E-state index contributed by atoms with van der Waals surface area (Å²) in [5.74, 6) is -0.460. The first-order valence-corrected chi connectivity index (χ1v) is 9.33. The van der Waals surface area contributed by atoms with E-state index < -0.39 is 0 Å². The number of halogens is 2. The molecule has 4 nitrogen and oxygen atoms in total. The molecule has 0 spiro atoms. The van der Waals surface area contributed by atoms with Gasteiger partial charge in [0.2, 0.25) is 11.8 Å². The van der Waals surface area contributed by atoms with Crippen LogP contribution in [0.3, 0.4) is 0 Å². The minimum atomic E-state index is -0.363. The van der Waals surface area contributed by atoms with Crippen molar-refractivity contribution in [3.63, 3.8) is 0 Å². The predicted molar refractivity (Wildman–Crippen MR) is 104 cm³/mol. The van der Waals surface area contributed by atoms with E-state index in [4.69, 9.17) is 23.2 Å². The lowest BCUT2D eigenvalue weighted by atomic mass is 10.1. The SMILES string of the molecule is CCN(Cc1ccccc1)C(=O)C1CC(=O)N(c2ccc(Cl)cc2Cl)C1. The number of rotatable bonds is 5. The highest BCUT2D eigenvalue weighted by Crippen LogP contribution is 2.33. The number of carbonyl (C=O) groups is 2. The van der Waals surface area contributed by atoms with Gasteiger partial charge in [0.15, 0.2) is 0 Å². The third-order valence-electron chi connectivity index (χ3n) is 4.58. The molecule has 0 N–H and O–H groups in total. The van der Waals surface area contributed by atoms with Crippen LogP contribution in [0.2, 0.25) is 10.0 Å². The van der Waals surface area contributed by atoms with E-state index in [1.54, 1.807) is 28.0 Å². The number of hydrogen-bond acceptors (Lipinski definition) is 2. The van der Waals surface area contributed by atoms with Crippen molar-refractivity contribution in [2.24, 2.45) is 5.92 Å². The lowest BCUT2D eigenvalue weighted by molar-refractivity contribution is -0.136. The zero-order valence-corrected chi connectivity index (χ0v) is 16.0. The van der Waals surface area contributed by atoms with Crippen LogP contribution in [0.25, 0.3) is 0 Å². The molecule has 1 heterocycles. The number of carbonyl (C=O) groups excluding carboxylic acids is 2. The maximum Gasteiger partial charge on any atom is 0.228 e. The van der Waals surface area contributed by atoms with Gasteiger partial charge in [0.05, 0.1) is 16.6 Å². The molecule has 3 rings (SSSR count). The van der Waals surface area contributed by atoms with Gasteiger partial charge in [-0.2, -0.15) is 0 Å².